The van der Waals surface area contributed by atoms with Crippen molar-refractivity contribution >= 4 is 11.6 Å². The van der Waals surface area contributed by atoms with E-state index in [0.717, 1.165) is 11.1 Å². The molecule has 1 atom stereocenters. The number of benzene rings is 2. The molecule has 0 unspecified atom stereocenters. The van der Waals surface area contributed by atoms with Crippen LogP contribution in [0.1, 0.15) is 17.0 Å². The summed E-state index contributed by atoms with van der Waals surface area (Å²) >= 11 is 6.28. The van der Waals surface area contributed by atoms with Gasteiger partial charge in [0.05, 0.1) is 5.92 Å². The molecule has 3 rings (SSSR count). The van der Waals surface area contributed by atoms with Gasteiger partial charge in [-0.15, -0.1) is 0 Å². The molecule has 0 aromatic heterocycles. The third kappa shape index (κ3) is 1.91. The van der Waals surface area contributed by atoms with Gasteiger partial charge < -0.3 is 10.5 Å². The molecule has 1 heterocycles. The number of hydrogen-bond acceptors (Lipinski definition) is 3. The second-order valence-electron chi connectivity index (χ2n) is 4.48. The van der Waals surface area contributed by atoms with Crippen LogP contribution in [0.15, 0.2) is 60.0 Å². The number of ether oxygens (including phenoxy) is 1. The van der Waals surface area contributed by atoms with Gasteiger partial charge in [-0.1, -0.05) is 48.0 Å². The fraction of sp³-hybridized carbons (Fsp3) is 0.0625. The number of nitriles is 1. The number of hydrogen-bond donors (Lipinski definition) is 1. The van der Waals surface area contributed by atoms with E-state index in [4.69, 9.17) is 22.1 Å². The van der Waals surface area contributed by atoms with Crippen LogP contribution >= 0.6 is 11.6 Å². The number of fused-ring (bicyclic) bond motifs is 1. The molecule has 1 aliphatic rings. The molecule has 2 aromatic carbocycles. The SMILES string of the molecule is N#CC1=C(N)Oc2ccccc2[C@@H]1c1ccccc1Cl. The van der Waals surface area contributed by atoms with E-state index in [1.165, 1.54) is 0 Å². The maximum atomic E-state index is 9.40. The lowest BCUT2D eigenvalue weighted by atomic mass is 9.83. The Morgan fingerprint density at radius 1 is 1.05 bits per heavy atom. The fourth-order valence-corrected chi connectivity index (χ4v) is 2.68. The highest BCUT2D eigenvalue weighted by molar-refractivity contribution is 6.31. The van der Waals surface area contributed by atoms with Crippen LogP contribution in [0.2, 0.25) is 5.02 Å². The molecule has 0 saturated heterocycles. The van der Waals surface area contributed by atoms with Gasteiger partial charge in [0.1, 0.15) is 17.4 Å². The van der Waals surface area contributed by atoms with Gasteiger partial charge in [0, 0.05) is 10.6 Å². The first-order valence-corrected chi connectivity index (χ1v) is 6.51. The third-order valence-corrected chi connectivity index (χ3v) is 3.68. The maximum Gasteiger partial charge on any atom is 0.205 e. The molecule has 0 spiro atoms. The van der Waals surface area contributed by atoms with Crippen molar-refractivity contribution < 1.29 is 4.74 Å². The van der Waals surface area contributed by atoms with Crippen molar-refractivity contribution in [1.82, 2.24) is 0 Å². The Bertz CT molecular complexity index is 746. The van der Waals surface area contributed by atoms with Crippen LogP contribution in [0, 0.1) is 11.3 Å². The zero-order valence-corrected chi connectivity index (χ0v) is 11.3. The Kier molecular flexibility index (Phi) is 3.09. The first kappa shape index (κ1) is 12.6. The van der Waals surface area contributed by atoms with Gasteiger partial charge in [0.25, 0.3) is 0 Å². The summed E-state index contributed by atoms with van der Waals surface area (Å²) in [5.41, 5.74) is 8.01. The van der Waals surface area contributed by atoms with Gasteiger partial charge in [-0.2, -0.15) is 5.26 Å². The van der Waals surface area contributed by atoms with Gasteiger partial charge in [0.2, 0.25) is 5.88 Å². The van der Waals surface area contributed by atoms with Crippen LogP contribution in [0.25, 0.3) is 0 Å². The van der Waals surface area contributed by atoms with Crippen molar-refractivity contribution in [2.24, 2.45) is 5.73 Å². The van der Waals surface area contributed by atoms with Crippen molar-refractivity contribution in [1.29, 1.82) is 5.26 Å². The van der Waals surface area contributed by atoms with E-state index in [-0.39, 0.29) is 11.8 Å². The summed E-state index contributed by atoms with van der Waals surface area (Å²) < 4.78 is 5.52. The van der Waals surface area contributed by atoms with Crippen molar-refractivity contribution in [3.63, 3.8) is 0 Å². The Balaban J connectivity index is 2.27. The molecule has 0 bridgehead atoms. The molecule has 1 aliphatic heterocycles. The molecule has 0 amide bonds. The average molecular weight is 283 g/mol. The molecule has 0 radical (unpaired) electrons. The summed E-state index contributed by atoms with van der Waals surface area (Å²) in [5, 5.41) is 10.0. The molecule has 3 nitrogen and oxygen atoms in total. The Hall–Kier alpha value is -2.44. The minimum Gasteiger partial charge on any atom is -0.440 e. The molecule has 4 heteroatoms. The van der Waals surface area contributed by atoms with E-state index >= 15 is 0 Å². The van der Waals surface area contributed by atoms with Gasteiger partial charge in [0.15, 0.2) is 0 Å². The predicted octanol–water partition coefficient (Wildman–Crippen LogP) is 3.56. The number of rotatable bonds is 1. The lowest BCUT2D eigenvalue weighted by Gasteiger charge is -2.26. The molecule has 98 valence electrons. The number of halogens is 1. The summed E-state index contributed by atoms with van der Waals surface area (Å²) in [5.74, 6) is 0.503. The minimum absolute atomic E-state index is 0.135. The largest absolute Gasteiger partial charge is 0.440 e. The van der Waals surface area contributed by atoms with Crippen molar-refractivity contribution in [2.75, 3.05) is 0 Å². The van der Waals surface area contributed by atoms with Crippen LogP contribution in [0.5, 0.6) is 5.75 Å². The summed E-state index contributed by atoms with van der Waals surface area (Å²) in [4.78, 5) is 0. The molecular weight excluding hydrogens is 272 g/mol. The minimum atomic E-state index is -0.293. The topological polar surface area (TPSA) is 59.0 Å². The number of allylic oxidation sites excluding steroid dienone is 1. The number of para-hydroxylation sites is 1. The highest BCUT2D eigenvalue weighted by atomic mass is 35.5. The quantitative estimate of drug-likeness (QED) is 0.870. The first-order chi connectivity index (χ1) is 9.72. The van der Waals surface area contributed by atoms with Gasteiger partial charge in [-0.3, -0.25) is 0 Å². The van der Waals surface area contributed by atoms with Crippen molar-refractivity contribution in [3.05, 3.63) is 76.1 Å². The summed E-state index contributed by atoms with van der Waals surface area (Å²) in [7, 11) is 0. The van der Waals surface area contributed by atoms with Crippen LogP contribution in [0.3, 0.4) is 0 Å². The van der Waals surface area contributed by atoms with Crippen LogP contribution in [-0.2, 0) is 0 Å². The summed E-state index contributed by atoms with van der Waals surface area (Å²) in [6.45, 7) is 0. The zero-order valence-electron chi connectivity index (χ0n) is 10.5. The lowest BCUT2D eigenvalue weighted by Crippen LogP contribution is -2.21. The van der Waals surface area contributed by atoms with E-state index in [0.29, 0.717) is 16.3 Å². The lowest BCUT2D eigenvalue weighted by molar-refractivity contribution is 0.393. The second-order valence-corrected chi connectivity index (χ2v) is 4.89. The second kappa shape index (κ2) is 4.92. The standard InChI is InChI=1S/C16H11ClN2O/c17-13-7-3-1-5-10(13)15-11-6-2-4-8-14(11)20-16(19)12(15)9-18/h1-8,15H,19H2/t15-/m0/s1. The van der Waals surface area contributed by atoms with E-state index < -0.39 is 0 Å². The Labute approximate surface area is 121 Å². The average Bonchev–Trinajstić information content (AvgIpc) is 2.46. The monoisotopic (exact) mass is 282 g/mol. The molecule has 2 N–H and O–H groups in total. The molecule has 0 saturated carbocycles. The number of nitrogens with zero attached hydrogens (tertiary/aromatic N) is 1. The molecule has 0 fully saturated rings. The molecule has 2 aromatic rings. The molecule has 0 aliphatic carbocycles. The normalized spacial score (nSPS) is 17.1. The van der Waals surface area contributed by atoms with Gasteiger partial charge in [-0.05, 0) is 17.7 Å². The Morgan fingerprint density at radius 2 is 1.70 bits per heavy atom. The van der Waals surface area contributed by atoms with E-state index in [9.17, 15) is 5.26 Å². The van der Waals surface area contributed by atoms with Crippen LogP contribution < -0.4 is 10.5 Å². The first-order valence-electron chi connectivity index (χ1n) is 6.13. The van der Waals surface area contributed by atoms with E-state index in [2.05, 4.69) is 6.07 Å². The fourth-order valence-electron chi connectivity index (χ4n) is 2.44. The van der Waals surface area contributed by atoms with Crippen LogP contribution in [0.4, 0.5) is 0 Å². The van der Waals surface area contributed by atoms with Crippen molar-refractivity contribution in [2.45, 2.75) is 5.92 Å². The highest BCUT2D eigenvalue weighted by Crippen LogP contribution is 2.43. The Morgan fingerprint density at radius 3 is 2.40 bits per heavy atom. The van der Waals surface area contributed by atoms with Crippen LogP contribution in [-0.4, -0.2) is 0 Å². The summed E-state index contributed by atoms with van der Waals surface area (Å²) in [6, 6.07) is 17.1. The smallest absolute Gasteiger partial charge is 0.205 e. The highest BCUT2D eigenvalue weighted by Gasteiger charge is 2.31. The number of nitrogens with two attached hydrogens (primary N) is 1. The third-order valence-electron chi connectivity index (χ3n) is 3.34. The van der Waals surface area contributed by atoms with E-state index in [1.807, 2.05) is 42.5 Å². The van der Waals surface area contributed by atoms with E-state index in [1.54, 1.807) is 6.07 Å². The van der Waals surface area contributed by atoms with Gasteiger partial charge in [-0.25, -0.2) is 0 Å². The maximum absolute atomic E-state index is 9.40. The van der Waals surface area contributed by atoms with Crippen molar-refractivity contribution in [3.8, 4) is 11.8 Å². The van der Waals surface area contributed by atoms with Gasteiger partial charge >= 0.3 is 0 Å². The zero-order chi connectivity index (χ0) is 14.1. The molecular formula is C16H11ClN2O. The molecule has 20 heavy (non-hydrogen) atoms. The predicted molar refractivity (Wildman–Crippen MR) is 77.2 cm³/mol. The summed E-state index contributed by atoms with van der Waals surface area (Å²) in [6.07, 6.45) is 0.